The molecular formula is C24H21N3OS. The first-order valence-electron chi connectivity index (χ1n) is 9.39. The highest BCUT2D eigenvalue weighted by atomic mass is 32.2. The maximum Gasteiger partial charge on any atom is 0.240 e. The van der Waals surface area contributed by atoms with Crippen molar-refractivity contribution in [2.75, 3.05) is 14.1 Å². The molecule has 0 N–H and O–H groups in total. The lowest BCUT2D eigenvalue weighted by molar-refractivity contribution is -0.128. The number of amides is 1. The van der Waals surface area contributed by atoms with E-state index in [1.54, 1.807) is 19.0 Å². The van der Waals surface area contributed by atoms with E-state index in [4.69, 9.17) is 0 Å². The Morgan fingerprint density at radius 3 is 2.03 bits per heavy atom. The second-order valence-electron chi connectivity index (χ2n) is 6.91. The number of nitrogens with zero attached hydrogens (tertiary/aromatic N) is 3. The van der Waals surface area contributed by atoms with Gasteiger partial charge >= 0.3 is 0 Å². The molecule has 1 aromatic heterocycles. The van der Waals surface area contributed by atoms with E-state index < -0.39 is 0 Å². The number of fused-ring (bicyclic) bond motifs is 1. The van der Waals surface area contributed by atoms with Gasteiger partial charge < -0.3 is 4.90 Å². The Labute approximate surface area is 174 Å². The van der Waals surface area contributed by atoms with E-state index in [2.05, 4.69) is 16.3 Å². The molecule has 0 aliphatic heterocycles. The Morgan fingerprint density at radius 2 is 1.38 bits per heavy atom. The molecule has 0 saturated heterocycles. The van der Waals surface area contributed by atoms with Crippen molar-refractivity contribution in [1.82, 2.24) is 15.1 Å². The lowest BCUT2D eigenvalue weighted by Crippen LogP contribution is -2.26. The number of benzene rings is 3. The van der Waals surface area contributed by atoms with Crippen molar-refractivity contribution in [2.45, 2.75) is 10.3 Å². The molecule has 0 bridgehead atoms. The third kappa shape index (κ3) is 4.00. The quantitative estimate of drug-likeness (QED) is 0.432. The minimum Gasteiger partial charge on any atom is -0.348 e. The molecule has 5 heteroatoms. The molecule has 0 unspecified atom stereocenters. The number of likely N-dealkylation sites (N-methyl/N-ethyl adjacent to an activating group) is 1. The van der Waals surface area contributed by atoms with Gasteiger partial charge in [0.1, 0.15) is 16.0 Å². The summed E-state index contributed by atoms with van der Waals surface area (Å²) in [5, 5.41) is 11.5. The first-order chi connectivity index (χ1) is 14.1. The lowest BCUT2D eigenvalue weighted by Gasteiger charge is -2.21. The largest absolute Gasteiger partial charge is 0.348 e. The van der Waals surface area contributed by atoms with E-state index in [-0.39, 0.29) is 11.2 Å². The Morgan fingerprint density at radius 1 is 0.793 bits per heavy atom. The van der Waals surface area contributed by atoms with Gasteiger partial charge in [0.2, 0.25) is 5.91 Å². The summed E-state index contributed by atoms with van der Waals surface area (Å²) in [4.78, 5) is 14.6. The summed E-state index contributed by atoms with van der Waals surface area (Å²) in [5.41, 5.74) is 2.83. The highest BCUT2D eigenvalue weighted by molar-refractivity contribution is 8.00. The predicted molar refractivity (Wildman–Crippen MR) is 119 cm³/mol. The summed E-state index contributed by atoms with van der Waals surface area (Å²) in [6.07, 6.45) is 0. The first kappa shape index (κ1) is 19.2. The first-order valence-corrected chi connectivity index (χ1v) is 10.3. The molecule has 1 atom stereocenters. The standard InChI is InChI=1S/C24H21N3OS/c1-27(2)24(28)22(18-13-7-4-8-14-18)29-23-20-16-10-9-15-19(20)21(25-26-23)17-11-5-3-6-12-17/h3-16,22H,1-2H3/t22-/m0/s1. The maximum absolute atomic E-state index is 12.9. The van der Waals surface area contributed by atoms with Gasteiger partial charge in [0.05, 0.1) is 0 Å². The number of carbonyl (C=O) groups excluding carboxylic acids is 1. The molecule has 0 aliphatic carbocycles. The van der Waals surface area contributed by atoms with Crippen LogP contribution in [-0.2, 0) is 4.79 Å². The van der Waals surface area contributed by atoms with Crippen LogP contribution in [-0.4, -0.2) is 35.1 Å². The van der Waals surface area contributed by atoms with E-state index in [0.717, 1.165) is 32.6 Å². The van der Waals surface area contributed by atoms with Crippen LogP contribution in [0.4, 0.5) is 0 Å². The Balaban J connectivity index is 1.80. The predicted octanol–water partition coefficient (Wildman–Crippen LogP) is 5.22. The SMILES string of the molecule is CN(C)C(=O)[C@@H](Sc1nnc(-c2ccccc2)c2ccccc12)c1ccccc1. The summed E-state index contributed by atoms with van der Waals surface area (Å²) >= 11 is 1.45. The van der Waals surface area contributed by atoms with Gasteiger partial charge in [-0.3, -0.25) is 4.79 Å². The normalized spacial score (nSPS) is 11.9. The fourth-order valence-electron chi connectivity index (χ4n) is 3.21. The second kappa shape index (κ2) is 8.45. The van der Waals surface area contributed by atoms with Crippen LogP contribution in [0.15, 0.2) is 90.0 Å². The van der Waals surface area contributed by atoms with Gasteiger partial charge in [-0.1, -0.05) is 96.7 Å². The third-order valence-electron chi connectivity index (χ3n) is 4.70. The minimum absolute atomic E-state index is 0.0271. The average molecular weight is 400 g/mol. The lowest BCUT2D eigenvalue weighted by atomic mass is 10.1. The van der Waals surface area contributed by atoms with E-state index in [9.17, 15) is 4.79 Å². The molecule has 3 aromatic carbocycles. The zero-order valence-electron chi connectivity index (χ0n) is 16.3. The smallest absolute Gasteiger partial charge is 0.240 e. The van der Waals surface area contributed by atoms with Crippen LogP contribution in [0.3, 0.4) is 0 Å². The topological polar surface area (TPSA) is 46.1 Å². The van der Waals surface area contributed by atoms with Crippen molar-refractivity contribution in [3.63, 3.8) is 0 Å². The maximum atomic E-state index is 12.9. The van der Waals surface area contributed by atoms with Crippen molar-refractivity contribution in [1.29, 1.82) is 0 Å². The fraction of sp³-hybridized carbons (Fsp3) is 0.125. The van der Waals surface area contributed by atoms with Crippen molar-refractivity contribution < 1.29 is 4.79 Å². The monoisotopic (exact) mass is 399 g/mol. The van der Waals surface area contributed by atoms with Crippen LogP contribution in [0.2, 0.25) is 0 Å². The Hall–Kier alpha value is -3.18. The van der Waals surface area contributed by atoms with Crippen LogP contribution in [0.1, 0.15) is 10.8 Å². The second-order valence-corrected chi connectivity index (χ2v) is 8.00. The van der Waals surface area contributed by atoms with Crippen LogP contribution < -0.4 is 0 Å². The third-order valence-corrected chi connectivity index (χ3v) is 5.93. The molecule has 4 nitrogen and oxygen atoms in total. The summed E-state index contributed by atoms with van der Waals surface area (Å²) in [7, 11) is 3.56. The van der Waals surface area contributed by atoms with E-state index >= 15 is 0 Å². The molecule has 0 aliphatic rings. The summed E-state index contributed by atoms with van der Waals surface area (Å²) in [6, 6.07) is 28.0. The molecule has 1 heterocycles. The average Bonchev–Trinajstić information content (AvgIpc) is 2.78. The summed E-state index contributed by atoms with van der Waals surface area (Å²) < 4.78 is 0. The minimum atomic E-state index is -0.383. The summed E-state index contributed by atoms with van der Waals surface area (Å²) in [6.45, 7) is 0. The zero-order valence-corrected chi connectivity index (χ0v) is 17.1. The van der Waals surface area contributed by atoms with Gasteiger partial charge in [-0.15, -0.1) is 10.2 Å². The molecule has 0 fully saturated rings. The number of carbonyl (C=O) groups is 1. The highest BCUT2D eigenvalue weighted by Gasteiger charge is 2.25. The van der Waals surface area contributed by atoms with E-state index in [0.29, 0.717) is 0 Å². The Bertz CT molecular complexity index is 1130. The van der Waals surface area contributed by atoms with Crippen molar-refractivity contribution in [3.8, 4) is 11.3 Å². The molecule has 0 spiro atoms. The Kier molecular flexibility index (Phi) is 5.58. The number of hydrogen-bond donors (Lipinski definition) is 0. The van der Waals surface area contributed by atoms with Gasteiger partial charge in [-0.25, -0.2) is 0 Å². The van der Waals surface area contributed by atoms with Crippen LogP contribution in [0.25, 0.3) is 22.0 Å². The van der Waals surface area contributed by atoms with Gasteiger partial charge in [0, 0.05) is 30.4 Å². The molecular weight excluding hydrogens is 378 g/mol. The van der Waals surface area contributed by atoms with Gasteiger partial charge in [0.25, 0.3) is 0 Å². The van der Waals surface area contributed by atoms with Crippen molar-refractivity contribution >= 4 is 28.4 Å². The zero-order chi connectivity index (χ0) is 20.2. The van der Waals surface area contributed by atoms with Crippen molar-refractivity contribution in [3.05, 3.63) is 90.5 Å². The van der Waals surface area contributed by atoms with Crippen LogP contribution in [0, 0.1) is 0 Å². The van der Waals surface area contributed by atoms with Crippen LogP contribution in [0.5, 0.6) is 0 Å². The van der Waals surface area contributed by atoms with Crippen LogP contribution >= 0.6 is 11.8 Å². The van der Waals surface area contributed by atoms with Gasteiger partial charge in [0.15, 0.2) is 0 Å². The fourth-order valence-corrected chi connectivity index (χ4v) is 4.43. The molecule has 0 radical (unpaired) electrons. The molecule has 1 amide bonds. The number of hydrogen-bond acceptors (Lipinski definition) is 4. The van der Waals surface area contributed by atoms with Crippen molar-refractivity contribution in [2.24, 2.45) is 0 Å². The number of thioether (sulfide) groups is 1. The summed E-state index contributed by atoms with van der Waals surface area (Å²) in [5.74, 6) is 0.0271. The number of aromatic nitrogens is 2. The van der Waals surface area contributed by atoms with E-state index in [1.807, 2.05) is 78.9 Å². The highest BCUT2D eigenvalue weighted by Crippen LogP contribution is 2.39. The molecule has 0 saturated carbocycles. The van der Waals surface area contributed by atoms with E-state index in [1.165, 1.54) is 11.8 Å². The van der Waals surface area contributed by atoms with Gasteiger partial charge in [-0.2, -0.15) is 0 Å². The molecule has 144 valence electrons. The molecule has 4 aromatic rings. The van der Waals surface area contributed by atoms with Gasteiger partial charge in [-0.05, 0) is 5.56 Å². The number of rotatable bonds is 5. The molecule has 4 rings (SSSR count). The molecule has 29 heavy (non-hydrogen) atoms.